The van der Waals surface area contributed by atoms with Crippen molar-refractivity contribution in [2.24, 2.45) is 5.10 Å². The fraction of sp³-hybridized carbons (Fsp3) is 0.0870. The van der Waals surface area contributed by atoms with Gasteiger partial charge in [0.05, 0.1) is 39.6 Å². The Morgan fingerprint density at radius 2 is 1.81 bits per heavy atom. The second-order valence-electron chi connectivity index (χ2n) is 6.68. The van der Waals surface area contributed by atoms with E-state index in [0.717, 1.165) is 16.2 Å². The summed E-state index contributed by atoms with van der Waals surface area (Å²) in [5.41, 5.74) is 6.25. The van der Waals surface area contributed by atoms with Crippen LogP contribution in [0.4, 0.5) is 0 Å². The minimum Gasteiger partial charge on any atom is -0.314 e. The SMILES string of the molecule is O=C(CSc1nc2ccccc2n1Cc1ccccc1)N/N=C\c1cccc(Cl)c1Cl. The zero-order chi connectivity index (χ0) is 21.6. The summed E-state index contributed by atoms with van der Waals surface area (Å²) in [4.78, 5) is 17.0. The van der Waals surface area contributed by atoms with E-state index in [0.29, 0.717) is 22.2 Å². The van der Waals surface area contributed by atoms with E-state index in [-0.39, 0.29) is 11.7 Å². The fourth-order valence-electron chi connectivity index (χ4n) is 3.04. The van der Waals surface area contributed by atoms with Crippen LogP contribution in [0.1, 0.15) is 11.1 Å². The van der Waals surface area contributed by atoms with Crippen LogP contribution in [0.2, 0.25) is 10.0 Å². The van der Waals surface area contributed by atoms with Crippen molar-refractivity contribution < 1.29 is 4.79 Å². The number of benzene rings is 3. The normalized spacial score (nSPS) is 11.3. The molecule has 0 aliphatic carbocycles. The van der Waals surface area contributed by atoms with Crippen molar-refractivity contribution in [3.63, 3.8) is 0 Å². The number of thioether (sulfide) groups is 1. The highest BCUT2D eigenvalue weighted by molar-refractivity contribution is 7.99. The molecule has 1 amide bonds. The summed E-state index contributed by atoms with van der Waals surface area (Å²) in [5.74, 6) is -0.0589. The lowest BCUT2D eigenvalue weighted by atomic mass is 10.2. The van der Waals surface area contributed by atoms with Gasteiger partial charge in [-0.2, -0.15) is 5.10 Å². The number of aromatic nitrogens is 2. The Kier molecular flexibility index (Phi) is 6.92. The predicted octanol–water partition coefficient (Wildman–Crippen LogP) is 5.63. The van der Waals surface area contributed by atoms with Crippen LogP contribution < -0.4 is 5.43 Å². The van der Waals surface area contributed by atoms with E-state index in [9.17, 15) is 4.79 Å². The molecule has 0 saturated heterocycles. The Morgan fingerprint density at radius 3 is 2.65 bits per heavy atom. The van der Waals surface area contributed by atoms with Crippen LogP contribution in [0.3, 0.4) is 0 Å². The predicted molar refractivity (Wildman–Crippen MR) is 128 cm³/mol. The molecule has 0 saturated carbocycles. The van der Waals surface area contributed by atoms with Gasteiger partial charge < -0.3 is 4.57 Å². The number of imidazole rings is 1. The van der Waals surface area contributed by atoms with Crippen LogP contribution in [0.25, 0.3) is 11.0 Å². The smallest absolute Gasteiger partial charge is 0.250 e. The fourth-order valence-corrected chi connectivity index (χ4v) is 4.20. The van der Waals surface area contributed by atoms with Crippen LogP contribution in [0.5, 0.6) is 0 Å². The van der Waals surface area contributed by atoms with E-state index in [4.69, 9.17) is 28.2 Å². The summed E-state index contributed by atoms with van der Waals surface area (Å²) in [5, 5.41) is 5.59. The first-order chi connectivity index (χ1) is 15.1. The quantitative estimate of drug-likeness (QED) is 0.217. The Bertz CT molecular complexity index is 1240. The molecule has 31 heavy (non-hydrogen) atoms. The number of halogens is 2. The molecule has 0 atom stereocenters. The maximum Gasteiger partial charge on any atom is 0.250 e. The third-order valence-corrected chi connectivity index (χ3v) is 6.32. The van der Waals surface area contributed by atoms with Crippen molar-refractivity contribution in [1.82, 2.24) is 15.0 Å². The molecule has 0 aliphatic heterocycles. The van der Waals surface area contributed by atoms with Crippen molar-refractivity contribution in [2.75, 3.05) is 5.75 Å². The molecule has 0 aliphatic rings. The zero-order valence-electron chi connectivity index (χ0n) is 16.3. The van der Waals surface area contributed by atoms with E-state index in [1.165, 1.54) is 23.5 Å². The molecule has 0 fully saturated rings. The van der Waals surface area contributed by atoms with Crippen LogP contribution in [-0.2, 0) is 11.3 Å². The van der Waals surface area contributed by atoms with E-state index in [2.05, 4.69) is 27.2 Å². The molecule has 0 spiro atoms. The minimum absolute atomic E-state index is 0.179. The molecule has 1 N–H and O–H groups in total. The van der Waals surface area contributed by atoms with Gasteiger partial charge in [0.2, 0.25) is 0 Å². The van der Waals surface area contributed by atoms with Crippen LogP contribution in [0.15, 0.2) is 83.1 Å². The topological polar surface area (TPSA) is 59.3 Å². The van der Waals surface area contributed by atoms with Crippen LogP contribution in [0, 0.1) is 0 Å². The summed E-state index contributed by atoms with van der Waals surface area (Å²) < 4.78 is 2.12. The highest BCUT2D eigenvalue weighted by Gasteiger charge is 2.13. The standard InChI is InChI=1S/C23H18Cl2N4OS/c24-18-10-6-9-17(22(18)25)13-26-28-21(30)15-31-23-27-19-11-4-5-12-20(19)29(23)14-16-7-2-1-3-8-16/h1-13H,14-15H2,(H,28,30)/b26-13-. The summed E-state index contributed by atoms with van der Waals surface area (Å²) in [6.07, 6.45) is 1.47. The Labute approximate surface area is 194 Å². The largest absolute Gasteiger partial charge is 0.314 e. The summed E-state index contributed by atoms with van der Waals surface area (Å²) >= 11 is 13.5. The van der Waals surface area contributed by atoms with Gasteiger partial charge >= 0.3 is 0 Å². The molecule has 8 heteroatoms. The molecule has 4 aromatic rings. The molecule has 156 valence electrons. The van der Waals surface area contributed by atoms with Gasteiger partial charge in [-0.3, -0.25) is 4.79 Å². The number of fused-ring (bicyclic) bond motifs is 1. The summed E-state index contributed by atoms with van der Waals surface area (Å²) in [6.45, 7) is 0.677. The highest BCUT2D eigenvalue weighted by atomic mass is 35.5. The number of carbonyl (C=O) groups excluding carboxylic acids is 1. The number of nitrogens with zero attached hydrogens (tertiary/aromatic N) is 3. The van der Waals surface area contributed by atoms with Gasteiger partial charge in [0.1, 0.15) is 0 Å². The van der Waals surface area contributed by atoms with Gasteiger partial charge in [-0.15, -0.1) is 0 Å². The summed E-state index contributed by atoms with van der Waals surface area (Å²) in [7, 11) is 0. The average Bonchev–Trinajstić information content (AvgIpc) is 3.13. The minimum atomic E-state index is -0.238. The first-order valence-electron chi connectivity index (χ1n) is 9.50. The van der Waals surface area contributed by atoms with Gasteiger partial charge in [0.25, 0.3) is 5.91 Å². The lowest BCUT2D eigenvalue weighted by molar-refractivity contribution is -0.118. The molecule has 1 aromatic heterocycles. The van der Waals surface area contributed by atoms with Crippen LogP contribution >= 0.6 is 35.0 Å². The Balaban J connectivity index is 1.45. The van der Waals surface area contributed by atoms with Gasteiger partial charge in [-0.25, -0.2) is 10.4 Å². The molecule has 0 bridgehead atoms. The number of hydrogen-bond donors (Lipinski definition) is 1. The number of hydrogen-bond acceptors (Lipinski definition) is 4. The van der Waals surface area contributed by atoms with Crippen molar-refractivity contribution in [2.45, 2.75) is 11.7 Å². The van der Waals surface area contributed by atoms with Crippen molar-refractivity contribution in [3.8, 4) is 0 Å². The van der Waals surface area contributed by atoms with Gasteiger partial charge in [-0.1, -0.05) is 89.6 Å². The van der Waals surface area contributed by atoms with E-state index >= 15 is 0 Å². The second-order valence-corrected chi connectivity index (χ2v) is 8.41. The van der Waals surface area contributed by atoms with Crippen molar-refractivity contribution >= 4 is 58.1 Å². The van der Waals surface area contributed by atoms with E-state index < -0.39 is 0 Å². The molecule has 1 heterocycles. The average molecular weight is 469 g/mol. The zero-order valence-corrected chi connectivity index (χ0v) is 18.7. The number of rotatable bonds is 7. The molecule has 3 aromatic carbocycles. The lowest BCUT2D eigenvalue weighted by Crippen LogP contribution is -2.20. The molecule has 0 unspecified atom stereocenters. The third kappa shape index (κ3) is 5.28. The van der Waals surface area contributed by atoms with Crippen LogP contribution in [-0.4, -0.2) is 27.4 Å². The molecular formula is C23H18Cl2N4OS. The number of nitrogens with one attached hydrogen (secondary N) is 1. The maximum absolute atomic E-state index is 12.3. The third-order valence-electron chi connectivity index (χ3n) is 4.51. The monoisotopic (exact) mass is 468 g/mol. The number of carbonyl (C=O) groups is 1. The Hall–Kier alpha value is -2.80. The second kappa shape index (κ2) is 10.0. The molecule has 5 nitrogen and oxygen atoms in total. The lowest BCUT2D eigenvalue weighted by Gasteiger charge is -2.09. The first kappa shape index (κ1) is 21.4. The summed E-state index contributed by atoms with van der Waals surface area (Å²) in [6, 6.07) is 23.4. The van der Waals surface area contributed by atoms with E-state index in [1.54, 1.807) is 18.2 Å². The van der Waals surface area contributed by atoms with E-state index in [1.807, 2.05) is 42.5 Å². The molecular weight excluding hydrogens is 451 g/mol. The number of hydrazone groups is 1. The number of amides is 1. The van der Waals surface area contributed by atoms with Crippen molar-refractivity contribution in [1.29, 1.82) is 0 Å². The van der Waals surface area contributed by atoms with Gasteiger partial charge in [0, 0.05) is 5.56 Å². The van der Waals surface area contributed by atoms with Gasteiger partial charge in [-0.05, 0) is 23.8 Å². The Morgan fingerprint density at radius 1 is 1.03 bits per heavy atom. The molecule has 0 radical (unpaired) electrons. The highest BCUT2D eigenvalue weighted by Crippen LogP contribution is 2.26. The molecule has 4 rings (SSSR count). The first-order valence-corrected chi connectivity index (χ1v) is 11.2. The number of para-hydroxylation sites is 2. The van der Waals surface area contributed by atoms with Crippen molar-refractivity contribution in [3.05, 3.63) is 94.0 Å². The van der Waals surface area contributed by atoms with Gasteiger partial charge in [0.15, 0.2) is 5.16 Å². The maximum atomic E-state index is 12.3.